The molecule has 6 heteroatoms. The van der Waals surface area contributed by atoms with Crippen LogP contribution >= 0.6 is 0 Å². The monoisotopic (exact) mass is 363 g/mol. The first-order valence-corrected chi connectivity index (χ1v) is 9.53. The number of aromatic amines is 1. The van der Waals surface area contributed by atoms with Crippen molar-refractivity contribution in [2.45, 2.75) is 26.8 Å². The lowest BCUT2D eigenvalue weighted by Gasteiger charge is -2.36. The number of nitrogens with zero attached hydrogens (tertiary/aromatic N) is 4. The van der Waals surface area contributed by atoms with Crippen molar-refractivity contribution in [3.8, 4) is 0 Å². The largest absolute Gasteiger partial charge is 0.368 e. The highest BCUT2D eigenvalue weighted by Crippen LogP contribution is 2.17. The van der Waals surface area contributed by atoms with Crippen LogP contribution in [-0.4, -0.2) is 46.0 Å². The van der Waals surface area contributed by atoms with Crippen LogP contribution in [0.4, 0.5) is 5.69 Å². The molecule has 1 aliphatic rings. The summed E-state index contributed by atoms with van der Waals surface area (Å²) in [6, 6.07) is 8.16. The number of anilines is 1. The minimum Gasteiger partial charge on any atom is -0.368 e. The Labute approximate surface area is 158 Å². The maximum absolute atomic E-state index is 12.1. The van der Waals surface area contributed by atoms with E-state index in [1.54, 1.807) is 0 Å². The number of hydrogen-bond acceptors (Lipinski definition) is 5. The Morgan fingerprint density at radius 3 is 2.59 bits per heavy atom. The van der Waals surface area contributed by atoms with E-state index in [9.17, 15) is 4.79 Å². The molecule has 3 aromatic heterocycles. The highest BCUT2D eigenvalue weighted by atomic mass is 16.1. The molecule has 0 amide bonds. The second-order valence-electron chi connectivity index (χ2n) is 7.17. The fraction of sp³-hybridized carbons (Fsp3) is 0.381. The van der Waals surface area contributed by atoms with E-state index in [0.717, 1.165) is 67.0 Å². The van der Waals surface area contributed by atoms with E-state index in [1.165, 1.54) is 5.69 Å². The molecule has 0 saturated carbocycles. The van der Waals surface area contributed by atoms with Gasteiger partial charge < -0.3 is 9.88 Å². The summed E-state index contributed by atoms with van der Waals surface area (Å²) < 4.78 is 0. The topological polar surface area (TPSA) is 65.1 Å². The van der Waals surface area contributed by atoms with Gasteiger partial charge in [0, 0.05) is 50.2 Å². The van der Waals surface area contributed by atoms with Crippen molar-refractivity contribution < 1.29 is 0 Å². The lowest BCUT2D eigenvalue weighted by molar-refractivity contribution is 0.249. The molecule has 0 atom stereocenters. The predicted molar refractivity (Wildman–Crippen MR) is 108 cm³/mol. The van der Waals surface area contributed by atoms with Crippen LogP contribution in [0.3, 0.4) is 0 Å². The van der Waals surface area contributed by atoms with Gasteiger partial charge in [-0.1, -0.05) is 6.92 Å². The van der Waals surface area contributed by atoms with E-state index in [4.69, 9.17) is 0 Å². The van der Waals surface area contributed by atoms with Crippen molar-refractivity contribution in [2.24, 2.45) is 0 Å². The first-order chi connectivity index (χ1) is 13.1. The molecule has 1 fully saturated rings. The van der Waals surface area contributed by atoms with Gasteiger partial charge in [-0.25, -0.2) is 0 Å². The van der Waals surface area contributed by atoms with Gasteiger partial charge in [-0.2, -0.15) is 0 Å². The highest BCUT2D eigenvalue weighted by molar-refractivity contribution is 5.74. The van der Waals surface area contributed by atoms with Gasteiger partial charge in [0.25, 0.3) is 5.56 Å². The van der Waals surface area contributed by atoms with Gasteiger partial charge in [-0.05, 0) is 43.2 Å². The van der Waals surface area contributed by atoms with E-state index in [2.05, 4.69) is 43.0 Å². The van der Waals surface area contributed by atoms with E-state index in [1.807, 2.05) is 32.3 Å². The van der Waals surface area contributed by atoms with Crippen molar-refractivity contribution >= 4 is 16.7 Å². The second-order valence-corrected chi connectivity index (χ2v) is 7.17. The lowest BCUT2D eigenvalue weighted by atomic mass is 10.1. The third-order valence-electron chi connectivity index (χ3n) is 5.25. The zero-order chi connectivity index (χ0) is 18.8. The summed E-state index contributed by atoms with van der Waals surface area (Å²) in [7, 11) is 0. The van der Waals surface area contributed by atoms with Gasteiger partial charge in [0.1, 0.15) is 0 Å². The van der Waals surface area contributed by atoms with E-state index >= 15 is 0 Å². The number of fused-ring (bicyclic) bond motifs is 1. The molecule has 4 rings (SSSR count). The molecule has 1 aliphatic heterocycles. The molecule has 4 heterocycles. The first-order valence-electron chi connectivity index (χ1n) is 9.53. The summed E-state index contributed by atoms with van der Waals surface area (Å²) in [4.78, 5) is 28.8. The minimum absolute atomic E-state index is 0.00993. The van der Waals surface area contributed by atoms with Gasteiger partial charge in [-0.15, -0.1) is 0 Å². The maximum atomic E-state index is 12.1. The van der Waals surface area contributed by atoms with Crippen LogP contribution in [0.1, 0.15) is 23.7 Å². The van der Waals surface area contributed by atoms with Gasteiger partial charge in [-0.3, -0.25) is 19.7 Å². The first kappa shape index (κ1) is 17.7. The van der Waals surface area contributed by atoms with Gasteiger partial charge in [0.15, 0.2) is 0 Å². The summed E-state index contributed by atoms with van der Waals surface area (Å²) in [5, 5.41) is 0. The molecule has 6 nitrogen and oxygen atoms in total. The van der Waals surface area contributed by atoms with Crippen molar-refractivity contribution in [1.29, 1.82) is 0 Å². The van der Waals surface area contributed by atoms with Gasteiger partial charge in [0.2, 0.25) is 0 Å². The second kappa shape index (κ2) is 7.48. The molecule has 3 aromatic rings. The zero-order valence-corrected chi connectivity index (χ0v) is 15.9. The van der Waals surface area contributed by atoms with E-state index < -0.39 is 0 Å². The van der Waals surface area contributed by atoms with Crippen LogP contribution in [0.15, 0.2) is 41.5 Å². The molecule has 0 bridgehead atoms. The number of aryl methyl sites for hydroxylation is 2. The number of H-pyrrole nitrogens is 1. The summed E-state index contributed by atoms with van der Waals surface area (Å²) in [6.07, 6.45) is 4.60. The Bertz CT molecular complexity index is 988. The molecule has 0 aliphatic carbocycles. The fourth-order valence-electron chi connectivity index (χ4n) is 3.59. The predicted octanol–water partition coefficient (Wildman–Crippen LogP) is 2.51. The highest BCUT2D eigenvalue weighted by Gasteiger charge is 2.18. The Morgan fingerprint density at radius 1 is 1.07 bits per heavy atom. The van der Waals surface area contributed by atoms with Crippen LogP contribution in [0.2, 0.25) is 0 Å². The molecule has 1 N–H and O–H groups in total. The van der Waals surface area contributed by atoms with Crippen molar-refractivity contribution in [1.82, 2.24) is 19.9 Å². The Balaban J connectivity index is 1.42. The van der Waals surface area contributed by atoms with Crippen LogP contribution in [-0.2, 0) is 13.0 Å². The molecule has 0 radical (unpaired) electrons. The Hall–Kier alpha value is -2.73. The van der Waals surface area contributed by atoms with E-state index in [-0.39, 0.29) is 5.56 Å². The average Bonchev–Trinajstić information content (AvgIpc) is 2.69. The Morgan fingerprint density at radius 2 is 1.89 bits per heavy atom. The molecule has 1 saturated heterocycles. The van der Waals surface area contributed by atoms with Crippen LogP contribution < -0.4 is 10.5 Å². The molecule has 27 heavy (non-hydrogen) atoms. The third-order valence-corrected chi connectivity index (χ3v) is 5.25. The molecular weight excluding hydrogens is 338 g/mol. The van der Waals surface area contributed by atoms with Crippen molar-refractivity contribution in [3.05, 3.63) is 63.8 Å². The molecular formula is C21H25N5O. The average molecular weight is 363 g/mol. The third kappa shape index (κ3) is 3.85. The minimum atomic E-state index is -0.00993. The Kier molecular flexibility index (Phi) is 4.90. The van der Waals surface area contributed by atoms with Crippen molar-refractivity contribution in [3.63, 3.8) is 0 Å². The smallest absolute Gasteiger partial charge is 0.251 e. The number of nitrogens with one attached hydrogen (secondary N) is 1. The van der Waals surface area contributed by atoms with Crippen LogP contribution in [0, 0.1) is 6.92 Å². The lowest BCUT2D eigenvalue weighted by Crippen LogP contribution is -2.46. The standard InChI is InChI=1S/C21H25N5O/c1-3-17-11-19-20(24-21(17)27)10-16(12-23-19)14-25-6-8-26(9-7-25)18-5-4-15(2)22-13-18/h4-5,10-13H,3,6-9,14H2,1-2H3,(H,24,27). The van der Waals surface area contributed by atoms with Gasteiger partial charge >= 0.3 is 0 Å². The summed E-state index contributed by atoms with van der Waals surface area (Å²) in [5.74, 6) is 0. The maximum Gasteiger partial charge on any atom is 0.251 e. The zero-order valence-electron chi connectivity index (χ0n) is 15.9. The van der Waals surface area contributed by atoms with Gasteiger partial charge in [0.05, 0.1) is 22.9 Å². The number of rotatable bonds is 4. The summed E-state index contributed by atoms with van der Waals surface area (Å²) in [5.41, 5.74) is 5.81. The molecule has 0 unspecified atom stereocenters. The number of pyridine rings is 3. The molecule has 140 valence electrons. The quantitative estimate of drug-likeness (QED) is 0.772. The molecule has 0 spiro atoms. The fourth-order valence-corrected chi connectivity index (χ4v) is 3.59. The number of hydrogen-bond donors (Lipinski definition) is 1. The van der Waals surface area contributed by atoms with E-state index in [0.29, 0.717) is 0 Å². The number of piperazine rings is 1. The summed E-state index contributed by atoms with van der Waals surface area (Å²) in [6.45, 7) is 8.81. The normalized spacial score (nSPS) is 15.4. The van der Waals surface area contributed by atoms with Crippen molar-refractivity contribution in [2.75, 3.05) is 31.1 Å². The number of aromatic nitrogens is 3. The summed E-state index contributed by atoms with van der Waals surface area (Å²) >= 11 is 0. The van der Waals surface area contributed by atoms with Crippen LogP contribution in [0.5, 0.6) is 0 Å². The SMILES string of the molecule is CCc1cc2ncc(CN3CCN(c4ccc(C)nc4)CC3)cc2[nH]c1=O. The van der Waals surface area contributed by atoms with Crippen LogP contribution in [0.25, 0.3) is 11.0 Å². The molecule has 0 aromatic carbocycles.